The van der Waals surface area contributed by atoms with Crippen LogP contribution in [0.4, 0.5) is 22.7 Å². The van der Waals surface area contributed by atoms with E-state index in [1.807, 2.05) is 146 Å². The van der Waals surface area contributed by atoms with Gasteiger partial charge in [0, 0.05) is 34.9 Å². The number of hydrogen-bond donors (Lipinski definition) is 4. The van der Waals surface area contributed by atoms with Gasteiger partial charge in [0.05, 0.1) is 0 Å². The molecule has 0 fully saturated rings. The Kier molecular flexibility index (Phi) is 11.8. The summed E-state index contributed by atoms with van der Waals surface area (Å²) < 4.78 is 24.7. The lowest BCUT2D eigenvalue weighted by Crippen LogP contribution is -2.17. The van der Waals surface area contributed by atoms with Crippen LogP contribution in [0.1, 0.15) is 34.1 Å². The Morgan fingerprint density at radius 3 is 0.883 bits per heavy atom. The molecule has 0 saturated carbocycles. The molecule has 0 amide bonds. The molecule has 8 rings (SSSR count). The molecular formula is C52H46N4O4. The van der Waals surface area contributed by atoms with Gasteiger partial charge in [0.15, 0.2) is 0 Å². The summed E-state index contributed by atoms with van der Waals surface area (Å²) in [6.07, 6.45) is 1.50. The molecule has 0 radical (unpaired) electrons. The fraction of sp³-hybridized carbons (Fsp3) is 0.0769. The number of hydrogen-bond acceptors (Lipinski definition) is 8. The van der Waals surface area contributed by atoms with Crippen molar-refractivity contribution in [2.45, 2.75) is 24.7 Å². The molecule has 8 nitrogen and oxygen atoms in total. The molecular weight excluding hydrogens is 745 g/mol. The van der Waals surface area contributed by atoms with E-state index in [1.54, 1.807) is 0 Å². The molecule has 0 saturated heterocycles. The first-order valence-electron chi connectivity index (χ1n) is 19.8. The van der Waals surface area contributed by atoms with Crippen LogP contribution in [-0.2, 0) is 12.8 Å². The summed E-state index contributed by atoms with van der Waals surface area (Å²) in [5, 5.41) is 0. The average Bonchev–Trinajstić information content (AvgIpc) is 3.26. The quantitative estimate of drug-likeness (QED) is 0.0752. The number of anilines is 4. The van der Waals surface area contributed by atoms with Crippen molar-refractivity contribution in [3.05, 3.63) is 216 Å². The number of nitrogen functional groups attached to an aromatic ring is 4. The van der Waals surface area contributed by atoms with E-state index in [0.717, 1.165) is 47.3 Å². The highest BCUT2D eigenvalue weighted by molar-refractivity contribution is 5.49. The predicted molar refractivity (Wildman–Crippen MR) is 242 cm³/mol. The average molecular weight is 791 g/mol. The van der Waals surface area contributed by atoms with E-state index in [1.165, 1.54) is 22.3 Å². The summed E-state index contributed by atoms with van der Waals surface area (Å²) in [7, 11) is 0. The van der Waals surface area contributed by atoms with Crippen LogP contribution in [-0.4, -0.2) is 0 Å². The standard InChI is InChI=1S/C52H46N4O4/c53-39-15-27-47(28-16-39)57-43-19-7-35(8-20-43)31-51(37-11-23-45(24-12-37)58-48-29-17-40(54)18-30-48)52(38-13-25-46(26-14-38)60-50-6-2-4-42(56)34-50)32-36-9-21-44(22-10-36)59-49-5-1-3-41(55)33-49/h1-30,33-34,51-52H,31-32,53-56H2. The highest BCUT2D eigenvalue weighted by Gasteiger charge is 2.27. The Morgan fingerprint density at radius 2 is 0.567 bits per heavy atom. The molecule has 60 heavy (non-hydrogen) atoms. The molecule has 0 aliphatic heterocycles. The van der Waals surface area contributed by atoms with E-state index in [0.29, 0.717) is 34.2 Å². The van der Waals surface area contributed by atoms with Gasteiger partial charge in [-0.3, -0.25) is 0 Å². The Labute approximate surface area is 350 Å². The number of benzene rings is 8. The van der Waals surface area contributed by atoms with Crippen molar-refractivity contribution < 1.29 is 18.9 Å². The van der Waals surface area contributed by atoms with Gasteiger partial charge >= 0.3 is 0 Å². The van der Waals surface area contributed by atoms with Gasteiger partial charge in [-0.15, -0.1) is 0 Å². The fourth-order valence-corrected chi connectivity index (χ4v) is 7.22. The monoisotopic (exact) mass is 790 g/mol. The predicted octanol–water partition coefficient (Wildman–Crippen LogP) is 12.5. The second-order valence-corrected chi connectivity index (χ2v) is 14.7. The largest absolute Gasteiger partial charge is 0.457 e. The fourth-order valence-electron chi connectivity index (χ4n) is 7.22. The lowest BCUT2D eigenvalue weighted by atomic mass is 9.75. The first-order valence-corrected chi connectivity index (χ1v) is 19.8. The SMILES string of the molecule is Nc1ccc(Oc2ccc(CC(c3ccc(Oc4ccc(N)cc4)cc3)C(Cc3ccc(Oc4cccc(N)c4)cc3)c3ccc(Oc4cccc(N)c4)cc3)cc2)cc1. The third-order valence-corrected chi connectivity index (χ3v) is 10.3. The van der Waals surface area contributed by atoms with E-state index in [2.05, 4.69) is 48.5 Å². The molecule has 2 unspecified atom stereocenters. The molecule has 8 aromatic carbocycles. The summed E-state index contributed by atoms with van der Waals surface area (Å²) in [4.78, 5) is 0. The minimum Gasteiger partial charge on any atom is -0.457 e. The highest BCUT2D eigenvalue weighted by atomic mass is 16.5. The molecule has 0 spiro atoms. The summed E-state index contributed by atoms with van der Waals surface area (Å²) in [5.41, 5.74) is 31.2. The topological polar surface area (TPSA) is 141 Å². The molecule has 0 aliphatic rings. The van der Waals surface area contributed by atoms with E-state index in [9.17, 15) is 0 Å². The van der Waals surface area contributed by atoms with Gasteiger partial charge in [-0.1, -0.05) is 60.7 Å². The lowest BCUT2D eigenvalue weighted by Gasteiger charge is -2.29. The molecule has 2 atom stereocenters. The van der Waals surface area contributed by atoms with Crippen LogP contribution >= 0.6 is 0 Å². The Balaban J connectivity index is 1.12. The van der Waals surface area contributed by atoms with Crippen LogP contribution < -0.4 is 41.9 Å². The Morgan fingerprint density at radius 1 is 0.283 bits per heavy atom. The summed E-state index contributed by atoms with van der Waals surface area (Å²) in [6, 6.07) is 63.1. The zero-order valence-electron chi connectivity index (χ0n) is 33.0. The van der Waals surface area contributed by atoms with Gasteiger partial charge in [0.1, 0.15) is 46.0 Å². The third-order valence-electron chi connectivity index (χ3n) is 10.3. The Bertz CT molecular complexity index is 2610. The zero-order chi connectivity index (χ0) is 41.3. The van der Waals surface area contributed by atoms with Gasteiger partial charge in [-0.25, -0.2) is 0 Å². The van der Waals surface area contributed by atoms with Gasteiger partial charge < -0.3 is 41.9 Å². The molecule has 8 N–H and O–H groups in total. The molecule has 298 valence electrons. The maximum atomic E-state index is 6.21. The number of rotatable bonds is 15. The zero-order valence-corrected chi connectivity index (χ0v) is 33.0. The van der Waals surface area contributed by atoms with Crippen molar-refractivity contribution in [1.29, 1.82) is 0 Å². The van der Waals surface area contributed by atoms with Crippen LogP contribution in [0.15, 0.2) is 194 Å². The van der Waals surface area contributed by atoms with Gasteiger partial charge in [-0.2, -0.15) is 0 Å². The van der Waals surface area contributed by atoms with Crippen LogP contribution in [0.2, 0.25) is 0 Å². The maximum absolute atomic E-state index is 6.21. The number of ether oxygens (including phenoxy) is 4. The van der Waals surface area contributed by atoms with Crippen LogP contribution in [0.3, 0.4) is 0 Å². The van der Waals surface area contributed by atoms with E-state index < -0.39 is 0 Å². The van der Waals surface area contributed by atoms with Crippen molar-refractivity contribution >= 4 is 22.7 Å². The molecule has 0 aromatic heterocycles. The van der Waals surface area contributed by atoms with Crippen LogP contribution in [0, 0.1) is 0 Å². The summed E-state index contributed by atoms with van der Waals surface area (Å²) in [5.74, 6) is 5.85. The minimum atomic E-state index is 0.0432. The van der Waals surface area contributed by atoms with Crippen LogP contribution in [0.5, 0.6) is 46.0 Å². The number of nitrogens with two attached hydrogens (primary N) is 4. The summed E-state index contributed by atoms with van der Waals surface area (Å²) in [6.45, 7) is 0. The van der Waals surface area contributed by atoms with Crippen molar-refractivity contribution in [2.75, 3.05) is 22.9 Å². The van der Waals surface area contributed by atoms with E-state index >= 15 is 0 Å². The molecule has 8 heteroatoms. The second-order valence-electron chi connectivity index (χ2n) is 14.7. The van der Waals surface area contributed by atoms with Crippen LogP contribution in [0.25, 0.3) is 0 Å². The maximum Gasteiger partial charge on any atom is 0.129 e. The van der Waals surface area contributed by atoms with E-state index in [-0.39, 0.29) is 11.8 Å². The molecule has 0 bridgehead atoms. The minimum absolute atomic E-state index is 0.0432. The lowest BCUT2D eigenvalue weighted by molar-refractivity contribution is 0.478. The first kappa shape index (κ1) is 39.0. The summed E-state index contributed by atoms with van der Waals surface area (Å²) >= 11 is 0. The van der Waals surface area contributed by atoms with Crippen molar-refractivity contribution in [1.82, 2.24) is 0 Å². The first-order chi connectivity index (χ1) is 29.3. The third kappa shape index (κ3) is 10.4. The molecule has 8 aromatic rings. The van der Waals surface area contributed by atoms with Crippen molar-refractivity contribution in [3.8, 4) is 46.0 Å². The van der Waals surface area contributed by atoms with Crippen molar-refractivity contribution in [2.24, 2.45) is 0 Å². The smallest absolute Gasteiger partial charge is 0.129 e. The van der Waals surface area contributed by atoms with Gasteiger partial charge in [-0.05, 0) is 168 Å². The molecule has 0 heterocycles. The second kappa shape index (κ2) is 18.2. The van der Waals surface area contributed by atoms with E-state index in [4.69, 9.17) is 41.9 Å². The van der Waals surface area contributed by atoms with Gasteiger partial charge in [0.25, 0.3) is 0 Å². The highest BCUT2D eigenvalue weighted by Crippen LogP contribution is 2.41. The Hall–Kier alpha value is -7.84. The normalized spacial score (nSPS) is 11.9. The molecule has 0 aliphatic carbocycles. The van der Waals surface area contributed by atoms with Crippen molar-refractivity contribution in [3.63, 3.8) is 0 Å². The van der Waals surface area contributed by atoms with Gasteiger partial charge in [0.2, 0.25) is 0 Å².